The van der Waals surface area contributed by atoms with Crippen molar-refractivity contribution in [3.05, 3.63) is 11.3 Å². The van der Waals surface area contributed by atoms with Gasteiger partial charge in [0.05, 0.1) is 24.9 Å². The van der Waals surface area contributed by atoms with E-state index in [0.29, 0.717) is 12.2 Å². The van der Waals surface area contributed by atoms with Crippen molar-refractivity contribution >= 4 is 13.8 Å². The zero-order valence-corrected chi connectivity index (χ0v) is 21.5. The molecule has 1 aliphatic rings. The molecule has 1 N–H and O–H groups in total. The molecule has 0 aliphatic carbocycles. The molecule has 0 aromatic carbocycles. The third kappa shape index (κ3) is 11.8. The fourth-order valence-electron chi connectivity index (χ4n) is 3.87. The van der Waals surface area contributed by atoms with Crippen LogP contribution in [0.15, 0.2) is 11.3 Å². The highest BCUT2D eigenvalue weighted by Crippen LogP contribution is 2.51. The molecular formula is C24H45O7P. The average Bonchev–Trinajstić information content (AvgIpc) is 3.11. The number of hydrogen-bond acceptors (Lipinski definition) is 7. The molecule has 0 radical (unpaired) electrons. The molecule has 1 fully saturated rings. The third-order valence-corrected chi connectivity index (χ3v) is 7.29. The van der Waals surface area contributed by atoms with Gasteiger partial charge in [-0.05, 0) is 26.2 Å². The number of rotatable bonds is 19. The van der Waals surface area contributed by atoms with E-state index in [4.69, 9.17) is 18.3 Å². The van der Waals surface area contributed by atoms with Crippen LogP contribution in [0.1, 0.15) is 104 Å². The lowest BCUT2D eigenvalue weighted by Gasteiger charge is -2.18. The SMILES string of the molecule is CCCCC(O)CCCCCCCCCCCOP(=O)(OC)O/C(C)=C1/C(=O)OCC1C. The standard InChI is InChI=1S/C24H45O7P/c1-5-6-16-22(25)17-14-12-10-8-7-9-11-13-15-18-30-32(27,28-4)31-21(3)23-20(2)19-29-24(23)26/h20,22,25H,5-19H2,1-4H3/b23-21+. The van der Waals surface area contributed by atoms with Crippen molar-refractivity contribution in [3.63, 3.8) is 0 Å². The largest absolute Gasteiger partial charge is 0.529 e. The minimum absolute atomic E-state index is 0.106. The minimum atomic E-state index is -3.74. The predicted octanol–water partition coefficient (Wildman–Crippen LogP) is 6.69. The number of phosphoric acid groups is 1. The summed E-state index contributed by atoms with van der Waals surface area (Å²) >= 11 is 0. The van der Waals surface area contributed by atoms with Gasteiger partial charge in [-0.2, -0.15) is 0 Å². The van der Waals surface area contributed by atoms with E-state index in [1.165, 1.54) is 39.2 Å². The van der Waals surface area contributed by atoms with Crippen LogP contribution in [0.25, 0.3) is 0 Å². The molecule has 8 heteroatoms. The van der Waals surface area contributed by atoms with Crippen molar-refractivity contribution in [1.29, 1.82) is 0 Å². The maximum Gasteiger partial charge on any atom is 0.529 e. The minimum Gasteiger partial charge on any atom is -0.462 e. The van der Waals surface area contributed by atoms with E-state index in [2.05, 4.69) is 6.92 Å². The second-order valence-corrected chi connectivity index (χ2v) is 10.5. The molecule has 0 aromatic rings. The molecule has 1 heterocycles. The van der Waals surface area contributed by atoms with Gasteiger partial charge in [0.25, 0.3) is 0 Å². The van der Waals surface area contributed by atoms with E-state index in [9.17, 15) is 14.5 Å². The van der Waals surface area contributed by atoms with Crippen LogP contribution in [0.2, 0.25) is 0 Å². The van der Waals surface area contributed by atoms with Gasteiger partial charge >= 0.3 is 13.8 Å². The van der Waals surface area contributed by atoms with Crippen molar-refractivity contribution in [2.75, 3.05) is 20.3 Å². The van der Waals surface area contributed by atoms with Crippen molar-refractivity contribution in [3.8, 4) is 0 Å². The first-order valence-corrected chi connectivity index (χ1v) is 13.8. The highest BCUT2D eigenvalue weighted by molar-refractivity contribution is 7.48. The summed E-state index contributed by atoms with van der Waals surface area (Å²) in [5.74, 6) is -0.312. The number of carbonyl (C=O) groups excluding carboxylic acids is 1. The average molecular weight is 477 g/mol. The van der Waals surface area contributed by atoms with Crippen LogP contribution >= 0.6 is 7.82 Å². The molecule has 0 aromatic heterocycles. The van der Waals surface area contributed by atoms with E-state index >= 15 is 0 Å². The molecule has 7 nitrogen and oxygen atoms in total. The molecule has 3 atom stereocenters. The molecule has 1 saturated heterocycles. The molecule has 3 unspecified atom stereocenters. The number of aliphatic hydroxyl groups is 1. The van der Waals surface area contributed by atoms with Gasteiger partial charge in [-0.3, -0.25) is 9.05 Å². The van der Waals surface area contributed by atoms with Gasteiger partial charge in [0, 0.05) is 13.0 Å². The van der Waals surface area contributed by atoms with Crippen LogP contribution in [-0.2, 0) is 27.7 Å². The van der Waals surface area contributed by atoms with Gasteiger partial charge in [0.2, 0.25) is 0 Å². The lowest BCUT2D eigenvalue weighted by molar-refractivity contribution is -0.135. The van der Waals surface area contributed by atoms with Gasteiger partial charge in [-0.25, -0.2) is 9.36 Å². The Morgan fingerprint density at radius 3 is 2.16 bits per heavy atom. The lowest BCUT2D eigenvalue weighted by Crippen LogP contribution is -2.06. The van der Waals surface area contributed by atoms with Crippen molar-refractivity contribution in [2.45, 2.75) is 110 Å². The monoisotopic (exact) mass is 476 g/mol. The number of esters is 1. The Morgan fingerprint density at radius 1 is 1.06 bits per heavy atom. The number of unbranched alkanes of at least 4 members (excludes halogenated alkanes) is 9. The smallest absolute Gasteiger partial charge is 0.462 e. The van der Waals surface area contributed by atoms with Gasteiger partial charge in [0.1, 0.15) is 5.76 Å². The van der Waals surface area contributed by atoms with Crippen molar-refractivity contribution in [2.24, 2.45) is 5.92 Å². The molecule has 1 rings (SSSR count). The van der Waals surface area contributed by atoms with E-state index in [0.717, 1.165) is 51.4 Å². The highest BCUT2D eigenvalue weighted by Gasteiger charge is 2.34. The Labute approximate surface area is 194 Å². The fraction of sp³-hybridized carbons (Fsp3) is 0.875. The summed E-state index contributed by atoms with van der Waals surface area (Å²) in [6.45, 7) is 6.18. The van der Waals surface area contributed by atoms with Crippen LogP contribution in [0.5, 0.6) is 0 Å². The van der Waals surface area contributed by atoms with Crippen LogP contribution in [-0.4, -0.2) is 37.5 Å². The molecule has 32 heavy (non-hydrogen) atoms. The van der Waals surface area contributed by atoms with Crippen molar-refractivity contribution in [1.82, 2.24) is 0 Å². The van der Waals surface area contributed by atoms with Gasteiger partial charge in [-0.1, -0.05) is 78.1 Å². The molecule has 1 aliphatic heterocycles. The molecule has 188 valence electrons. The summed E-state index contributed by atoms with van der Waals surface area (Å²) in [4.78, 5) is 11.8. The maximum atomic E-state index is 12.6. The van der Waals surface area contributed by atoms with Crippen LogP contribution < -0.4 is 0 Å². The third-order valence-electron chi connectivity index (χ3n) is 5.85. The lowest BCUT2D eigenvalue weighted by atomic mass is 10.0. The van der Waals surface area contributed by atoms with Crippen LogP contribution in [0.3, 0.4) is 0 Å². The number of ether oxygens (including phenoxy) is 1. The van der Waals surface area contributed by atoms with Crippen molar-refractivity contribution < 1.29 is 32.8 Å². The Morgan fingerprint density at radius 2 is 1.62 bits per heavy atom. The highest BCUT2D eigenvalue weighted by atomic mass is 31.2. The molecular weight excluding hydrogens is 431 g/mol. The van der Waals surface area contributed by atoms with Crippen LogP contribution in [0, 0.1) is 5.92 Å². The predicted molar refractivity (Wildman–Crippen MR) is 126 cm³/mol. The number of cyclic esters (lactones) is 1. The molecule has 0 bridgehead atoms. The second kappa shape index (κ2) is 16.7. The number of phosphoric ester groups is 1. The first-order chi connectivity index (χ1) is 15.3. The van der Waals surface area contributed by atoms with Gasteiger partial charge in [0.15, 0.2) is 0 Å². The van der Waals surface area contributed by atoms with E-state index in [1.54, 1.807) is 6.92 Å². The molecule has 0 amide bonds. The normalized spacial score (nSPS) is 20.7. The van der Waals surface area contributed by atoms with E-state index in [1.807, 2.05) is 6.92 Å². The zero-order chi connectivity index (χ0) is 23.8. The molecule has 0 spiro atoms. The number of aliphatic hydroxyl groups excluding tert-OH is 1. The fourth-order valence-corrected chi connectivity index (χ4v) is 4.89. The summed E-state index contributed by atoms with van der Waals surface area (Å²) in [6, 6.07) is 0. The Hall–Kier alpha value is -0.880. The zero-order valence-electron chi connectivity index (χ0n) is 20.6. The van der Waals surface area contributed by atoms with Crippen LogP contribution in [0.4, 0.5) is 0 Å². The maximum absolute atomic E-state index is 12.6. The summed E-state index contributed by atoms with van der Waals surface area (Å²) < 4.78 is 33.4. The number of carbonyl (C=O) groups is 1. The van der Waals surface area contributed by atoms with Gasteiger partial charge in [-0.15, -0.1) is 0 Å². The summed E-state index contributed by atoms with van der Waals surface area (Å²) in [5.41, 5.74) is 0.388. The Bertz CT molecular complexity index is 605. The Balaban J connectivity index is 2.07. The Kier molecular flexibility index (Phi) is 15.2. The number of allylic oxidation sites excluding steroid dienone is 1. The molecule has 0 saturated carbocycles. The van der Waals surface area contributed by atoms with E-state index < -0.39 is 13.8 Å². The topological polar surface area (TPSA) is 91.3 Å². The quantitative estimate of drug-likeness (QED) is 0.0730. The summed E-state index contributed by atoms with van der Waals surface area (Å²) in [5, 5.41) is 9.84. The number of hydrogen-bond donors (Lipinski definition) is 1. The first kappa shape index (κ1) is 29.2. The second-order valence-electron chi connectivity index (χ2n) is 8.79. The van der Waals surface area contributed by atoms with Gasteiger partial charge < -0.3 is 14.4 Å². The summed E-state index contributed by atoms with van der Waals surface area (Å²) in [7, 11) is -2.46. The first-order valence-electron chi connectivity index (χ1n) is 12.4. The van der Waals surface area contributed by atoms with E-state index in [-0.39, 0.29) is 24.4 Å². The summed E-state index contributed by atoms with van der Waals surface area (Å²) in [6.07, 6.45) is 14.1.